The van der Waals surface area contributed by atoms with E-state index in [0.717, 1.165) is 37.9 Å². The molecule has 0 unspecified atom stereocenters. The van der Waals surface area contributed by atoms with E-state index in [1.54, 1.807) is 6.20 Å². The SMILES string of the molecule is CC(C)Oc1cccnc1N1CCOCC1. The third kappa shape index (κ3) is 2.64. The second kappa shape index (κ2) is 5.16. The first-order valence-electron chi connectivity index (χ1n) is 5.72. The quantitative estimate of drug-likeness (QED) is 0.779. The van der Waals surface area contributed by atoms with E-state index in [-0.39, 0.29) is 6.10 Å². The highest BCUT2D eigenvalue weighted by Gasteiger charge is 2.16. The summed E-state index contributed by atoms with van der Waals surface area (Å²) >= 11 is 0. The maximum Gasteiger partial charge on any atom is 0.171 e. The Labute approximate surface area is 96.2 Å². The van der Waals surface area contributed by atoms with Gasteiger partial charge in [-0.2, -0.15) is 0 Å². The Morgan fingerprint density at radius 3 is 2.81 bits per heavy atom. The molecule has 0 amide bonds. The fraction of sp³-hybridized carbons (Fsp3) is 0.583. The van der Waals surface area contributed by atoms with Crippen LogP contribution in [-0.2, 0) is 4.74 Å². The Bertz CT molecular complexity index is 336. The predicted octanol–water partition coefficient (Wildman–Crippen LogP) is 1.71. The lowest BCUT2D eigenvalue weighted by atomic mass is 10.3. The lowest BCUT2D eigenvalue weighted by Gasteiger charge is -2.29. The zero-order valence-electron chi connectivity index (χ0n) is 9.85. The van der Waals surface area contributed by atoms with Gasteiger partial charge < -0.3 is 14.4 Å². The summed E-state index contributed by atoms with van der Waals surface area (Å²) in [6.07, 6.45) is 1.97. The second-order valence-corrected chi connectivity index (χ2v) is 4.09. The first kappa shape index (κ1) is 11.2. The van der Waals surface area contributed by atoms with E-state index < -0.39 is 0 Å². The van der Waals surface area contributed by atoms with Gasteiger partial charge in [-0.1, -0.05) is 0 Å². The molecule has 88 valence electrons. The van der Waals surface area contributed by atoms with Crippen LogP contribution in [0.4, 0.5) is 5.82 Å². The molecular formula is C12H18N2O2. The Kier molecular flexibility index (Phi) is 3.62. The summed E-state index contributed by atoms with van der Waals surface area (Å²) in [7, 11) is 0. The first-order chi connectivity index (χ1) is 7.77. The molecule has 16 heavy (non-hydrogen) atoms. The molecular weight excluding hydrogens is 204 g/mol. The topological polar surface area (TPSA) is 34.6 Å². The van der Waals surface area contributed by atoms with E-state index in [0.29, 0.717) is 0 Å². The van der Waals surface area contributed by atoms with Crippen LogP contribution in [0.15, 0.2) is 18.3 Å². The molecule has 0 N–H and O–H groups in total. The van der Waals surface area contributed by atoms with Gasteiger partial charge in [0.25, 0.3) is 0 Å². The number of aromatic nitrogens is 1. The minimum Gasteiger partial charge on any atom is -0.487 e. The van der Waals surface area contributed by atoms with Gasteiger partial charge in [0, 0.05) is 19.3 Å². The molecule has 0 aliphatic carbocycles. The van der Waals surface area contributed by atoms with Crippen LogP contribution in [0.1, 0.15) is 13.8 Å². The highest BCUT2D eigenvalue weighted by Crippen LogP contribution is 2.26. The molecule has 4 heteroatoms. The van der Waals surface area contributed by atoms with Crippen molar-refractivity contribution in [2.24, 2.45) is 0 Å². The molecule has 0 spiro atoms. The van der Waals surface area contributed by atoms with Gasteiger partial charge in [0.2, 0.25) is 0 Å². The summed E-state index contributed by atoms with van der Waals surface area (Å²) in [5.74, 6) is 1.79. The van der Waals surface area contributed by atoms with Gasteiger partial charge in [0.15, 0.2) is 11.6 Å². The maximum atomic E-state index is 5.75. The van der Waals surface area contributed by atoms with Gasteiger partial charge in [0.1, 0.15) is 0 Å². The van der Waals surface area contributed by atoms with Crippen molar-refractivity contribution in [2.45, 2.75) is 20.0 Å². The molecule has 1 fully saturated rings. The molecule has 1 aliphatic rings. The zero-order valence-corrected chi connectivity index (χ0v) is 9.85. The van der Waals surface area contributed by atoms with Gasteiger partial charge in [-0.05, 0) is 26.0 Å². The molecule has 0 aromatic carbocycles. The lowest BCUT2D eigenvalue weighted by Crippen LogP contribution is -2.37. The van der Waals surface area contributed by atoms with E-state index in [1.807, 2.05) is 26.0 Å². The van der Waals surface area contributed by atoms with E-state index >= 15 is 0 Å². The van der Waals surface area contributed by atoms with Crippen LogP contribution in [0.5, 0.6) is 5.75 Å². The van der Waals surface area contributed by atoms with Crippen LogP contribution >= 0.6 is 0 Å². The van der Waals surface area contributed by atoms with Crippen LogP contribution < -0.4 is 9.64 Å². The fourth-order valence-electron chi connectivity index (χ4n) is 1.74. The van der Waals surface area contributed by atoms with Crippen LogP contribution in [0.2, 0.25) is 0 Å². The molecule has 1 saturated heterocycles. The lowest BCUT2D eigenvalue weighted by molar-refractivity contribution is 0.121. The monoisotopic (exact) mass is 222 g/mol. The number of hydrogen-bond acceptors (Lipinski definition) is 4. The molecule has 1 aromatic heterocycles. The van der Waals surface area contributed by atoms with Crippen molar-refractivity contribution in [3.8, 4) is 5.75 Å². The highest BCUT2D eigenvalue weighted by atomic mass is 16.5. The van der Waals surface area contributed by atoms with Crippen molar-refractivity contribution >= 4 is 5.82 Å². The van der Waals surface area contributed by atoms with Crippen LogP contribution in [0, 0.1) is 0 Å². The molecule has 1 aromatic rings. The summed E-state index contributed by atoms with van der Waals surface area (Å²) in [6, 6.07) is 3.87. The van der Waals surface area contributed by atoms with Gasteiger partial charge >= 0.3 is 0 Å². The normalized spacial score (nSPS) is 16.6. The molecule has 0 radical (unpaired) electrons. The molecule has 4 nitrogen and oxygen atoms in total. The number of ether oxygens (including phenoxy) is 2. The largest absolute Gasteiger partial charge is 0.487 e. The number of anilines is 1. The zero-order chi connectivity index (χ0) is 11.4. The number of hydrogen-bond donors (Lipinski definition) is 0. The van der Waals surface area contributed by atoms with Crippen molar-refractivity contribution in [1.82, 2.24) is 4.98 Å². The summed E-state index contributed by atoms with van der Waals surface area (Å²) < 4.78 is 11.1. The molecule has 1 aliphatic heterocycles. The summed E-state index contributed by atoms with van der Waals surface area (Å²) in [6.45, 7) is 7.33. The Hall–Kier alpha value is -1.29. The summed E-state index contributed by atoms with van der Waals surface area (Å²) in [5.41, 5.74) is 0. The van der Waals surface area contributed by atoms with Crippen molar-refractivity contribution in [3.05, 3.63) is 18.3 Å². The molecule has 2 heterocycles. The molecule has 0 atom stereocenters. The Morgan fingerprint density at radius 1 is 1.38 bits per heavy atom. The van der Waals surface area contributed by atoms with E-state index in [4.69, 9.17) is 9.47 Å². The number of morpholine rings is 1. The summed E-state index contributed by atoms with van der Waals surface area (Å²) in [5, 5.41) is 0. The Morgan fingerprint density at radius 2 is 2.12 bits per heavy atom. The number of pyridine rings is 1. The standard InChI is InChI=1S/C12H18N2O2/c1-10(2)16-11-4-3-5-13-12(11)14-6-8-15-9-7-14/h3-5,10H,6-9H2,1-2H3. The predicted molar refractivity (Wildman–Crippen MR) is 63.0 cm³/mol. The first-order valence-corrected chi connectivity index (χ1v) is 5.72. The average molecular weight is 222 g/mol. The van der Waals surface area contributed by atoms with Crippen LogP contribution in [0.25, 0.3) is 0 Å². The van der Waals surface area contributed by atoms with Crippen LogP contribution in [-0.4, -0.2) is 37.4 Å². The highest BCUT2D eigenvalue weighted by molar-refractivity contribution is 5.52. The van der Waals surface area contributed by atoms with E-state index in [9.17, 15) is 0 Å². The summed E-state index contributed by atoms with van der Waals surface area (Å²) in [4.78, 5) is 6.61. The van der Waals surface area contributed by atoms with Gasteiger partial charge in [-0.15, -0.1) is 0 Å². The van der Waals surface area contributed by atoms with E-state index in [2.05, 4.69) is 9.88 Å². The maximum absolute atomic E-state index is 5.75. The van der Waals surface area contributed by atoms with Gasteiger partial charge in [-0.3, -0.25) is 0 Å². The number of rotatable bonds is 3. The second-order valence-electron chi connectivity index (χ2n) is 4.09. The number of nitrogens with zero attached hydrogens (tertiary/aromatic N) is 2. The molecule has 2 rings (SSSR count). The molecule has 0 saturated carbocycles. The third-order valence-electron chi connectivity index (χ3n) is 2.42. The van der Waals surface area contributed by atoms with Crippen LogP contribution in [0.3, 0.4) is 0 Å². The van der Waals surface area contributed by atoms with Crippen molar-refractivity contribution in [2.75, 3.05) is 31.2 Å². The van der Waals surface area contributed by atoms with Crippen molar-refractivity contribution in [1.29, 1.82) is 0 Å². The smallest absolute Gasteiger partial charge is 0.171 e. The van der Waals surface area contributed by atoms with Crippen molar-refractivity contribution in [3.63, 3.8) is 0 Å². The van der Waals surface area contributed by atoms with E-state index in [1.165, 1.54) is 0 Å². The fourth-order valence-corrected chi connectivity index (χ4v) is 1.74. The van der Waals surface area contributed by atoms with Crippen molar-refractivity contribution < 1.29 is 9.47 Å². The minimum absolute atomic E-state index is 0.170. The van der Waals surface area contributed by atoms with Gasteiger partial charge in [0.05, 0.1) is 19.3 Å². The van der Waals surface area contributed by atoms with Gasteiger partial charge in [-0.25, -0.2) is 4.98 Å². The Balaban J connectivity index is 2.17. The third-order valence-corrected chi connectivity index (χ3v) is 2.42. The average Bonchev–Trinajstić information content (AvgIpc) is 2.30. The minimum atomic E-state index is 0.170. The molecule has 0 bridgehead atoms.